The Morgan fingerprint density at radius 1 is 1.03 bits per heavy atom. The van der Waals surface area contributed by atoms with Crippen LogP contribution in [0.4, 0.5) is 0 Å². The Kier molecular flexibility index (Phi) is 7.65. The summed E-state index contributed by atoms with van der Waals surface area (Å²) in [6.45, 7) is 0.0986. The van der Waals surface area contributed by atoms with Crippen LogP contribution in [0.5, 0.6) is 0 Å². The highest BCUT2D eigenvalue weighted by molar-refractivity contribution is 6.04. The normalized spacial score (nSPS) is 16.2. The maximum absolute atomic E-state index is 13.1. The van der Waals surface area contributed by atoms with E-state index in [9.17, 15) is 24.0 Å². The van der Waals surface area contributed by atoms with E-state index >= 15 is 0 Å². The predicted octanol–water partition coefficient (Wildman–Crippen LogP) is 2.51. The molecule has 0 bridgehead atoms. The second kappa shape index (κ2) is 10.6. The average molecular weight is 434 g/mol. The van der Waals surface area contributed by atoms with Gasteiger partial charge >= 0.3 is 0 Å². The zero-order chi connectivity index (χ0) is 23.1. The number of amides is 2. The number of likely N-dealkylation sites (N-methyl/N-ethyl adjacent to an activating group) is 1. The molecule has 0 radical (unpaired) electrons. The molecule has 2 aromatic rings. The van der Waals surface area contributed by atoms with E-state index in [4.69, 9.17) is 0 Å². The highest BCUT2D eigenvalue weighted by atomic mass is 16.2. The smallest absolute Gasteiger partial charge is 0.254 e. The highest BCUT2D eigenvalue weighted by Gasteiger charge is 2.31. The van der Waals surface area contributed by atoms with Gasteiger partial charge in [-0.25, -0.2) is 0 Å². The number of Topliss-reactive ketones (excluding diaryl/α,β-unsaturated/α-hetero) is 2. The Morgan fingerprint density at radius 3 is 2.50 bits per heavy atom. The van der Waals surface area contributed by atoms with Gasteiger partial charge in [0.2, 0.25) is 5.91 Å². The molecule has 7 heteroatoms. The number of aldehydes is 1. The molecule has 0 aromatic heterocycles. The Balaban J connectivity index is 1.73. The Hall–Kier alpha value is -3.61. The van der Waals surface area contributed by atoms with Gasteiger partial charge in [0, 0.05) is 38.4 Å². The van der Waals surface area contributed by atoms with Crippen molar-refractivity contribution in [2.45, 2.75) is 44.7 Å². The van der Waals surface area contributed by atoms with Gasteiger partial charge in [0.15, 0.2) is 12.1 Å². The van der Waals surface area contributed by atoms with Crippen molar-refractivity contribution in [3.63, 3.8) is 0 Å². The molecule has 32 heavy (non-hydrogen) atoms. The summed E-state index contributed by atoms with van der Waals surface area (Å²) in [4.78, 5) is 62.7. The van der Waals surface area contributed by atoms with Gasteiger partial charge in [0.25, 0.3) is 5.91 Å². The minimum Gasteiger partial charge on any atom is -0.352 e. The first-order chi connectivity index (χ1) is 15.4. The van der Waals surface area contributed by atoms with Gasteiger partial charge in [-0.05, 0) is 23.6 Å². The van der Waals surface area contributed by atoms with E-state index in [1.54, 1.807) is 12.1 Å². The lowest BCUT2D eigenvalue weighted by Crippen LogP contribution is -2.42. The van der Waals surface area contributed by atoms with E-state index < -0.39 is 11.9 Å². The Labute approximate surface area is 186 Å². The zero-order valence-electron chi connectivity index (χ0n) is 18.0. The van der Waals surface area contributed by atoms with Crippen LogP contribution in [0.25, 0.3) is 0 Å². The molecule has 3 rings (SSSR count). The van der Waals surface area contributed by atoms with Gasteiger partial charge in [-0.15, -0.1) is 0 Å². The van der Waals surface area contributed by atoms with E-state index in [-0.39, 0.29) is 67.2 Å². The van der Waals surface area contributed by atoms with E-state index in [2.05, 4.69) is 5.32 Å². The first-order valence-electron chi connectivity index (χ1n) is 10.6. The van der Waals surface area contributed by atoms with Crippen LogP contribution in [0.15, 0.2) is 48.5 Å². The van der Waals surface area contributed by atoms with E-state index in [1.165, 1.54) is 18.0 Å². The Morgan fingerprint density at radius 2 is 1.78 bits per heavy atom. The standard InChI is InChI=1S/C25H26N2O5/c1-27(22-12-10-19(29)11-13-23(22)30)25(32)20-9-5-8-18(21(20)16-28)15-26-24(31)14-17-6-3-2-4-7-17/h2-9,16,22H,10-15H2,1H3,(H,26,31). The van der Waals surface area contributed by atoms with Crippen molar-refractivity contribution < 1.29 is 24.0 Å². The quantitative estimate of drug-likeness (QED) is 0.533. The molecule has 1 saturated carbocycles. The molecule has 0 spiro atoms. The highest BCUT2D eigenvalue weighted by Crippen LogP contribution is 2.21. The van der Waals surface area contributed by atoms with Crippen molar-refractivity contribution in [2.75, 3.05) is 7.05 Å². The summed E-state index contributed by atoms with van der Waals surface area (Å²) in [6.07, 6.45) is 1.66. The SMILES string of the molecule is CN(C(=O)c1cccc(CNC(=O)Cc2ccccc2)c1C=O)C1CCC(=O)CCC1=O. The van der Waals surface area contributed by atoms with Gasteiger partial charge in [-0.3, -0.25) is 24.0 Å². The van der Waals surface area contributed by atoms with Crippen LogP contribution in [-0.2, 0) is 27.3 Å². The molecule has 2 aromatic carbocycles. The molecule has 166 valence electrons. The van der Waals surface area contributed by atoms with E-state index in [1.807, 2.05) is 30.3 Å². The fourth-order valence-electron chi connectivity index (χ4n) is 3.88. The number of ketones is 2. The molecule has 0 aliphatic heterocycles. The summed E-state index contributed by atoms with van der Waals surface area (Å²) >= 11 is 0. The molecule has 1 unspecified atom stereocenters. The van der Waals surface area contributed by atoms with Crippen molar-refractivity contribution in [3.8, 4) is 0 Å². The largest absolute Gasteiger partial charge is 0.352 e. The average Bonchev–Trinajstić information content (AvgIpc) is 2.97. The van der Waals surface area contributed by atoms with Crippen LogP contribution in [0.3, 0.4) is 0 Å². The van der Waals surface area contributed by atoms with Crippen LogP contribution < -0.4 is 5.32 Å². The van der Waals surface area contributed by atoms with Crippen LogP contribution in [0, 0.1) is 0 Å². The fourth-order valence-corrected chi connectivity index (χ4v) is 3.88. The third-order valence-electron chi connectivity index (χ3n) is 5.73. The zero-order valence-corrected chi connectivity index (χ0v) is 18.0. The number of hydrogen-bond donors (Lipinski definition) is 1. The lowest BCUT2D eigenvalue weighted by molar-refractivity contribution is -0.124. The summed E-state index contributed by atoms with van der Waals surface area (Å²) in [7, 11) is 1.52. The van der Waals surface area contributed by atoms with Crippen LogP contribution in [0.1, 0.15) is 57.5 Å². The molecule has 1 N–H and O–H groups in total. The van der Waals surface area contributed by atoms with Gasteiger partial charge in [0.05, 0.1) is 18.0 Å². The number of benzene rings is 2. The molecular weight excluding hydrogens is 408 g/mol. The Bertz CT molecular complexity index is 1030. The minimum absolute atomic E-state index is 0.0171. The number of carbonyl (C=O) groups excluding carboxylic acids is 5. The van der Waals surface area contributed by atoms with E-state index in [0.717, 1.165) is 5.56 Å². The maximum Gasteiger partial charge on any atom is 0.254 e. The fraction of sp³-hybridized carbons (Fsp3) is 0.320. The van der Waals surface area contributed by atoms with Crippen molar-refractivity contribution in [2.24, 2.45) is 0 Å². The van der Waals surface area contributed by atoms with Gasteiger partial charge in [-0.2, -0.15) is 0 Å². The maximum atomic E-state index is 13.1. The lowest BCUT2D eigenvalue weighted by Gasteiger charge is -2.26. The lowest BCUT2D eigenvalue weighted by atomic mass is 9.99. The van der Waals surface area contributed by atoms with Crippen molar-refractivity contribution in [1.29, 1.82) is 0 Å². The topological polar surface area (TPSA) is 101 Å². The van der Waals surface area contributed by atoms with Crippen molar-refractivity contribution >= 4 is 29.7 Å². The molecular formula is C25H26N2O5. The molecule has 2 amide bonds. The number of carbonyl (C=O) groups is 5. The number of nitrogens with one attached hydrogen (secondary N) is 1. The molecule has 1 aliphatic rings. The summed E-state index contributed by atoms with van der Waals surface area (Å²) in [5.41, 5.74) is 1.74. The third kappa shape index (κ3) is 5.55. The first-order valence-corrected chi connectivity index (χ1v) is 10.6. The monoisotopic (exact) mass is 434 g/mol. The first kappa shape index (κ1) is 23.1. The summed E-state index contributed by atoms with van der Waals surface area (Å²) in [5.74, 6) is -0.792. The molecule has 1 atom stereocenters. The van der Waals surface area contributed by atoms with Gasteiger partial charge in [-0.1, -0.05) is 42.5 Å². The number of hydrogen-bond acceptors (Lipinski definition) is 5. The van der Waals surface area contributed by atoms with Gasteiger partial charge in [0.1, 0.15) is 5.78 Å². The third-order valence-corrected chi connectivity index (χ3v) is 5.73. The molecule has 1 fully saturated rings. The summed E-state index contributed by atoms with van der Waals surface area (Å²) < 4.78 is 0. The van der Waals surface area contributed by atoms with Crippen molar-refractivity contribution in [3.05, 3.63) is 70.8 Å². The molecule has 0 heterocycles. The number of nitrogens with zero attached hydrogens (tertiary/aromatic N) is 1. The summed E-state index contributed by atoms with van der Waals surface area (Å²) in [5, 5.41) is 2.79. The van der Waals surface area contributed by atoms with E-state index in [0.29, 0.717) is 11.8 Å². The van der Waals surface area contributed by atoms with Crippen LogP contribution in [0.2, 0.25) is 0 Å². The predicted molar refractivity (Wildman–Crippen MR) is 118 cm³/mol. The van der Waals surface area contributed by atoms with Crippen molar-refractivity contribution in [1.82, 2.24) is 10.2 Å². The molecule has 1 aliphatic carbocycles. The van der Waals surface area contributed by atoms with Crippen LogP contribution in [-0.4, -0.2) is 47.7 Å². The molecule has 0 saturated heterocycles. The number of rotatable bonds is 7. The van der Waals surface area contributed by atoms with Crippen LogP contribution >= 0.6 is 0 Å². The second-order valence-corrected chi connectivity index (χ2v) is 7.91. The summed E-state index contributed by atoms with van der Waals surface area (Å²) in [6, 6.07) is 13.5. The second-order valence-electron chi connectivity index (χ2n) is 7.91. The minimum atomic E-state index is -0.692. The molecule has 7 nitrogen and oxygen atoms in total. The van der Waals surface area contributed by atoms with Gasteiger partial charge < -0.3 is 10.2 Å².